The molecule has 0 unspecified atom stereocenters. The summed E-state index contributed by atoms with van der Waals surface area (Å²) < 4.78 is 0. The number of halogens is 1. The zero-order chi connectivity index (χ0) is 17.7. The van der Waals surface area contributed by atoms with Gasteiger partial charge in [-0.25, -0.2) is 0 Å². The lowest BCUT2D eigenvalue weighted by Crippen LogP contribution is -2.27. The number of hydrogen-bond donors (Lipinski definition) is 2. The molecular formula is C19H21ClN2O2. The Bertz CT molecular complexity index is 751. The third-order valence-corrected chi connectivity index (χ3v) is 3.76. The minimum Gasteiger partial charge on any atom is -0.326 e. The van der Waals surface area contributed by atoms with Crippen LogP contribution < -0.4 is 10.6 Å². The van der Waals surface area contributed by atoms with Gasteiger partial charge in [0.05, 0.1) is 6.42 Å². The molecule has 0 saturated heterocycles. The number of nitrogens with one attached hydrogen (secondary N) is 2. The van der Waals surface area contributed by atoms with E-state index in [4.69, 9.17) is 11.6 Å². The molecule has 0 spiro atoms. The molecule has 126 valence electrons. The van der Waals surface area contributed by atoms with Gasteiger partial charge in [-0.2, -0.15) is 0 Å². The van der Waals surface area contributed by atoms with Crippen molar-refractivity contribution < 1.29 is 9.59 Å². The fourth-order valence-electron chi connectivity index (χ4n) is 2.01. The Morgan fingerprint density at radius 1 is 0.958 bits per heavy atom. The predicted octanol–water partition coefficient (Wildman–Crippen LogP) is 4.51. The van der Waals surface area contributed by atoms with Gasteiger partial charge in [-0.15, -0.1) is 0 Å². The van der Waals surface area contributed by atoms with Gasteiger partial charge in [-0.3, -0.25) is 9.59 Å². The molecule has 0 aliphatic carbocycles. The van der Waals surface area contributed by atoms with Crippen molar-refractivity contribution in [3.8, 4) is 0 Å². The molecule has 0 heterocycles. The van der Waals surface area contributed by atoms with Gasteiger partial charge in [0.1, 0.15) is 0 Å². The molecule has 0 bridgehead atoms. The van der Waals surface area contributed by atoms with Crippen LogP contribution >= 0.6 is 11.6 Å². The van der Waals surface area contributed by atoms with Gasteiger partial charge in [0, 0.05) is 21.8 Å². The standard InChI is InChI=1S/C19H21ClN2O2/c1-19(2,3)18(24)22-15-9-6-8-14(12-15)21-17(23)11-13-7-4-5-10-16(13)20/h4-10,12H,11H2,1-3H3,(H,21,23)(H,22,24). The van der Waals surface area contributed by atoms with Gasteiger partial charge in [0.15, 0.2) is 0 Å². The first-order chi connectivity index (χ1) is 11.3. The second-order valence-electron chi connectivity index (χ2n) is 6.60. The highest BCUT2D eigenvalue weighted by Gasteiger charge is 2.21. The molecule has 24 heavy (non-hydrogen) atoms. The highest BCUT2D eigenvalue weighted by atomic mass is 35.5. The number of benzene rings is 2. The van der Waals surface area contributed by atoms with Crippen molar-refractivity contribution >= 4 is 34.8 Å². The summed E-state index contributed by atoms with van der Waals surface area (Å²) in [6, 6.07) is 14.3. The fourth-order valence-corrected chi connectivity index (χ4v) is 2.22. The van der Waals surface area contributed by atoms with Crippen molar-refractivity contribution in [3.05, 3.63) is 59.1 Å². The normalized spacial score (nSPS) is 11.0. The molecule has 0 aliphatic heterocycles. The average molecular weight is 345 g/mol. The molecule has 0 aromatic heterocycles. The minimum absolute atomic E-state index is 0.0814. The monoisotopic (exact) mass is 344 g/mol. The number of rotatable bonds is 4. The molecule has 2 aromatic carbocycles. The Balaban J connectivity index is 2.03. The third-order valence-electron chi connectivity index (χ3n) is 3.39. The van der Waals surface area contributed by atoms with Gasteiger partial charge in [-0.05, 0) is 29.8 Å². The molecule has 0 radical (unpaired) electrons. The molecule has 0 saturated carbocycles. The summed E-state index contributed by atoms with van der Waals surface area (Å²) in [5.74, 6) is -0.246. The molecule has 0 aliphatic rings. The summed E-state index contributed by atoms with van der Waals surface area (Å²) in [4.78, 5) is 24.2. The lowest BCUT2D eigenvalue weighted by atomic mass is 9.95. The van der Waals surface area contributed by atoms with E-state index in [1.807, 2.05) is 39.0 Å². The van der Waals surface area contributed by atoms with E-state index in [1.165, 1.54) is 0 Å². The lowest BCUT2D eigenvalue weighted by molar-refractivity contribution is -0.123. The summed E-state index contributed by atoms with van der Waals surface area (Å²) in [7, 11) is 0. The van der Waals surface area contributed by atoms with Crippen LogP contribution in [0.1, 0.15) is 26.3 Å². The second-order valence-corrected chi connectivity index (χ2v) is 7.01. The maximum absolute atomic E-state index is 12.2. The molecule has 2 rings (SSSR count). The van der Waals surface area contributed by atoms with Crippen LogP contribution in [0, 0.1) is 5.41 Å². The van der Waals surface area contributed by atoms with Gasteiger partial charge in [0.25, 0.3) is 0 Å². The zero-order valence-electron chi connectivity index (χ0n) is 14.0. The van der Waals surface area contributed by atoms with E-state index in [9.17, 15) is 9.59 Å². The van der Waals surface area contributed by atoms with Crippen LogP contribution in [0.25, 0.3) is 0 Å². The Morgan fingerprint density at radius 2 is 1.58 bits per heavy atom. The van der Waals surface area contributed by atoms with Crippen molar-refractivity contribution in [1.82, 2.24) is 0 Å². The smallest absolute Gasteiger partial charge is 0.229 e. The van der Waals surface area contributed by atoms with Crippen molar-refractivity contribution in [2.75, 3.05) is 10.6 Å². The highest BCUT2D eigenvalue weighted by molar-refractivity contribution is 6.31. The van der Waals surface area contributed by atoms with Crippen LogP contribution in [0.2, 0.25) is 5.02 Å². The van der Waals surface area contributed by atoms with E-state index in [1.54, 1.807) is 30.3 Å². The van der Waals surface area contributed by atoms with E-state index >= 15 is 0 Å². The zero-order valence-corrected chi connectivity index (χ0v) is 14.8. The van der Waals surface area contributed by atoms with Gasteiger partial charge in [-0.1, -0.05) is 56.6 Å². The lowest BCUT2D eigenvalue weighted by Gasteiger charge is -2.18. The number of carbonyl (C=O) groups is 2. The Morgan fingerprint density at radius 3 is 2.21 bits per heavy atom. The van der Waals surface area contributed by atoms with E-state index in [-0.39, 0.29) is 18.2 Å². The van der Waals surface area contributed by atoms with Crippen LogP contribution in [-0.4, -0.2) is 11.8 Å². The summed E-state index contributed by atoms with van der Waals surface area (Å²) in [5.41, 5.74) is 1.56. The first-order valence-electron chi connectivity index (χ1n) is 7.70. The van der Waals surface area contributed by atoms with Crippen molar-refractivity contribution in [3.63, 3.8) is 0 Å². The van der Waals surface area contributed by atoms with Crippen molar-refractivity contribution in [1.29, 1.82) is 0 Å². The number of anilines is 2. The summed E-state index contributed by atoms with van der Waals surface area (Å²) in [5, 5.41) is 6.23. The van der Waals surface area contributed by atoms with Crippen molar-refractivity contribution in [2.45, 2.75) is 27.2 Å². The first kappa shape index (κ1) is 18.0. The highest BCUT2D eigenvalue weighted by Crippen LogP contribution is 2.21. The third kappa shape index (κ3) is 5.10. The SMILES string of the molecule is CC(C)(C)C(=O)Nc1cccc(NC(=O)Cc2ccccc2Cl)c1. The summed E-state index contributed by atoms with van der Waals surface area (Å²) in [6.45, 7) is 5.53. The predicted molar refractivity (Wildman–Crippen MR) is 98.3 cm³/mol. The Hall–Kier alpha value is -2.33. The fraction of sp³-hybridized carbons (Fsp3) is 0.263. The first-order valence-corrected chi connectivity index (χ1v) is 8.08. The van der Waals surface area contributed by atoms with Crippen LogP contribution in [0.3, 0.4) is 0 Å². The van der Waals surface area contributed by atoms with Crippen molar-refractivity contribution in [2.24, 2.45) is 5.41 Å². The maximum atomic E-state index is 12.2. The molecule has 0 atom stereocenters. The number of carbonyl (C=O) groups excluding carboxylic acids is 2. The Labute approximate surface area is 147 Å². The molecule has 2 aromatic rings. The van der Waals surface area contributed by atoms with E-state index in [0.29, 0.717) is 16.4 Å². The molecule has 0 fully saturated rings. The number of hydrogen-bond acceptors (Lipinski definition) is 2. The van der Waals surface area contributed by atoms with Crippen LogP contribution in [0.5, 0.6) is 0 Å². The molecule has 2 amide bonds. The summed E-state index contributed by atoms with van der Waals surface area (Å²) in [6.07, 6.45) is 0.193. The quantitative estimate of drug-likeness (QED) is 0.857. The molecule has 4 nitrogen and oxygen atoms in total. The van der Waals surface area contributed by atoms with Gasteiger partial charge >= 0.3 is 0 Å². The largest absolute Gasteiger partial charge is 0.326 e. The van der Waals surface area contributed by atoms with E-state index < -0.39 is 5.41 Å². The second kappa shape index (κ2) is 7.49. The average Bonchev–Trinajstić information content (AvgIpc) is 2.49. The topological polar surface area (TPSA) is 58.2 Å². The molecule has 5 heteroatoms. The Kier molecular flexibility index (Phi) is 5.62. The molecular weight excluding hydrogens is 324 g/mol. The summed E-state index contributed by atoms with van der Waals surface area (Å²) >= 11 is 6.07. The van der Waals surface area contributed by atoms with E-state index in [2.05, 4.69) is 10.6 Å². The van der Waals surface area contributed by atoms with Crippen LogP contribution in [-0.2, 0) is 16.0 Å². The van der Waals surface area contributed by atoms with Crippen LogP contribution in [0.15, 0.2) is 48.5 Å². The van der Waals surface area contributed by atoms with Gasteiger partial charge in [0.2, 0.25) is 11.8 Å². The van der Waals surface area contributed by atoms with E-state index in [0.717, 1.165) is 5.56 Å². The van der Waals surface area contributed by atoms with Crippen LogP contribution in [0.4, 0.5) is 11.4 Å². The van der Waals surface area contributed by atoms with Gasteiger partial charge < -0.3 is 10.6 Å². The minimum atomic E-state index is -0.483. The molecule has 2 N–H and O–H groups in total. The maximum Gasteiger partial charge on any atom is 0.229 e. The number of amides is 2.